The largest absolute Gasteiger partial charge is 0.496 e. The first kappa shape index (κ1) is 12.0. The summed E-state index contributed by atoms with van der Waals surface area (Å²) in [6.45, 7) is 3.44. The van der Waals surface area contributed by atoms with Crippen molar-refractivity contribution in [3.63, 3.8) is 0 Å². The Hall–Kier alpha value is -1.02. The minimum Gasteiger partial charge on any atom is -0.496 e. The van der Waals surface area contributed by atoms with Gasteiger partial charge >= 0.3 is 0 Å². The van der Waals surface area contributed by atoms with Gasteiger partial charge in [-0.2, -0.15) is 0 Å². The molecule has 0 spiro atoms. The molecule has 2 aliphatic rings. The summed E-state index contributed by atoms with van der Waals surface area (Å²) in [7, 11) is 1.80. The lowest BCUT2D eigenvalue weighted by Crippen LogP contribution is -2.43. The van der Waals surface area contributed by atoms with Gasteiger partial charge in [-0.3, -0.25) is 0 Å². The number of benzene rings is 1. The third-order valence-electron chi connectivity index (χ3n) is 4.70. The summed E-state index contributed by atoms with van der Waals surface area (Å²) < 4.78 is 5.58. The quantitative estimate of drug-likeness (QED) is 0.883. The Morgan fingerprint density at radius 3 is 3.06 bits per heavy atom. The SMILES string of the molecule is CCCC1NCCC2c3c(cccc3OC)CC12. The number of nitrogens with one attached hydrogen (secondary N) is 1. The van der Waals surface area contributed by atoms with Crippen LogP contribution in [0.2, 0.25) is 0 Å². The van der Waals surface area contributed by atoms with Crippen LogP contribution in [0.3, 0.4) is 0 Å². The van der Waals surface area contributed by atoms with E-state index >= 15 is 0 Å². The third-order valence-corrected chi connectivity index (χ3v) is 4.70. The van der Waals surface area contributed by atoms with Crippen molar-refractivity contribution >= 4 is 0 Å². The summed E-state index contributed by atoms with van der Waals surface area (Å²) in [4.78, 5) is 0. The van der Waals surface area contributed by atoms with E-state index in [-0.39, 0.29) is 0 Å². The van der Waals surface area contributed by atoms with Gasteiger partial charge in [-0.05, 0) is 49.3 Å². The topological polar surface area (TPSA) is 21.3 Å². The molecule has 3 unspecified atom stereocenters. The second kappa shape index (κ2) is 4.93. The van der Waals surface area contributed by atoms with Crippen molar-refractivity contribution in [2.45, 2.75) is 44.6 Å². The lowest BCUT2D eigenvalue weighted by Gasteiger charge is -2.35. The van der Waals surface area contributed by atoms with E-state index in [0.717, 1.165) is 18.2 Å². The fourth-order valence-electron chi connectivity index (χ4n) is 3.96. The summed E-state index contributed by atoms with van der Waals surface area (Å²) in [6.07, 6.45) is 5.07. The number of hydrogen-bond donors (Lipinski definition) is 1. The summed E-state index contributed by atoms with van der Waals surface area (Å²) >= 11 is 0. The van der Waals surface area contributed by atoms with Gasteiger partial charge < -0.3 is 10.1 Å². The van der Waals surface area contributed by atoms with Gasteiger partial charge in [-0.1, -0.05) is 25.5 Å². The molecule has 1 fully saturated rings. The second-order valence-corrected chi connectivity index (χ2v) is 5.65. The number of methoxy groups -OCH3 is 1. The minimum atomic E-state index is 0.700. The van der Waals surface area contributed by atoms with Crippen molar-refractivity contribution in [1.82, 2.24) is 5.32 Å². The number of rotatable bonds is 3. The molecule has 1 saturated heterocycles. The Kier molecular flexibility index (Phi) is 3.29. The molecule has 2 heteroatoms. The van der Waals surface area contributed by atoms with E-state index in [2.05, 4.69) is 30.4 Å². The fourth-order valence-corrected chi connectivity index (χ4v) is 3.96. The van der Waals surface area contributed by atoms with Gasteiger partial charge in [0.15, 0.2) is 0 Å². The molecule has 0 saturated carbocycles. The normalized spacial score (nSPS) is 29.8. The fraction of sp³-hybridized carbons (Fsp3) is 0.625. The van der Waals surface area contributed by atoms with E-state index in [1.165, 1.54) is 36.8 Å². The van der Waals surface area contributed by atoms with Crippen molar-refractivity contribution in [2.75, 3.05) is 13.7 Å². The molecule has 0 bridgehead atoms. The highest BCUT2D eigenvalue weighted by Crippen LogP contribution is 2.48. The Balaban J connectivity index is 1.93. The molecule has 0 amide bonds. The van der Waals surface area contributed by atoms with Gasteiger partial charge in [0.2, 0.25) is 0 Å². The summed E-state index contributed by atoms with van der Waals surface area (Å²) in [5.74, 6) is 2.61. The van der Waals surface area contributed by atoms with E-state index in [1.807, 2.05) is 0 Å². The zero-order chi connectivity index (χ0) is 12.5. The maximum atomic E-state index is 5.58. The maximum Gasteiger partial charge on any atom is 0.122 e. The number of fused-ring (bicyclic) bond motifs is 3. The first-order valence-electron chi connectivity index (χ1n) is 7.24. The van der Waals surface area contributed by atoms with E-state index in [4.69, 9.17) is 4.74 Å². The van der Waals surface area contributed by atoms with Gasteiger partial charge in [-0.25, -0.2) is 0 Å². The van der Waals surface area contributed by atoms with Crippen LogP contribution in [0.5, 0.6) is 5.75 Å². The Bertz CT molecular complexity index is 427. The Morgan fingerprint density at radius 1 is 1.39 bits per heavy atom. The van der Waals surface area contributed by atoms with Gasteiger partial charge in [0.1, 0.15) is 5.75 Å². The predicted molar refractivity (Wildman–Crippen MR) is 74.2 cm³/mol. The van der Waals surface area contributed by atoms with Crippen molar-refractivity contribution in [2.24, 2.45) is 5.92 Å². The highest BCUT2D eigenvalue weighted by Gasteiger charge is 2.40. The molecule has 0 radical (unpaired) electrons. The molecule has 3 atom stereocenters. The molecule has 1 heterocycles. The van der Waals surface area contributed by atoms with Crippen LogP contribution in [0.15, 0.2) is 18.2 Å². The lowest BCUT2D eigenvalue weighted by molar-refractivity contribution is 0.244. The number of hydrogen-bond acceptors (Lipinski definition) is 2. The predicted octanol–water partition coefficient (Wildman–Crippen LogP) is 3.11. The van der Waals surface area contributed by atoms with Gasteiger partial charge in [0, 0.05) is 11.6 Å². The molecule has 2 nitrogen and oxygen atoms in total. The Labute approximate surface area is 110 Å². The van der Waals surface area contributed by atoms with Crippen LogP contribution in [0.4, 0.5) is 0 Å². The van der Waals surface area contributed by atoms with Gasteiger partial charge in [0.25, 0.3) is 0 Å². The van der Waals surface area contributed by atoms with E-state index in [9.17, 15) is 0 Å². The van der Waals surface area contributed by atoms with Crippen LogP contribution in [0, 0.1) is 5.92 Å². The molecule has 1 aromatic rings. The second-order valence-electron chi connectivity index (χ2n) is 5.65. The van der Waals surface area contributed by atoms with E-state index in [0.29, 0.717) is 12.0 Å². The maximum absolute atomic E-state index is 5.58. The zero-order valence-electron chi connectivity index (χ0n) is 11.4. The summed E-state index contributed by atoms with van der Waals surface area (Å²) in [5.41, 5.74) is 3.03. The average molecular weight is 245 g/mol. The van der Waals surface area contributed by atoms with Crippen molar-refractivity contribution in [1.29, 1.82) is 0 Å². The van der Waals surface area contributed by atoms with Crippen LogP contribution >= 0.6 is 0 Å². The Morgan fingerprint density at radius 2 is 2.28 bits per heavy atom. The molecule has 3 rings (SSSR count). The minimum absolute atomic E-state index is 0.700. The molecule has 1 aliphatic carbocycles. The van der Waals surface area contributed by atoms with Crippen LogP contribution in [0.1, 0.15) is 43.2 Å². The number of piperidine rings is 1. The summed E-state index contributed by atoms with van der Waals surface area (Å²) in [5, 5.41) is 3.72. The molecule has 98 valence electrons. The summed E-state index contributed by atoms with van der Waals surface area (Å²) in [6, 6.07) is 7.25. The van der Waals surface area contributed by atoms with Crippen LogP contribution in [0.25, 0.3) is 0 Å². The van der Waals surface area contributed by atoms with Crippen LogP contribution in [-0.4, -0.2) is 19.7 Å². The highest BCUT2D eigenvalue weighted by atomic mass is 16.5. The smallest absolute Gasteiger partial charge is 0.122 e. The monoisotopic (exact) mass is 245 g/mol. The first-order valence-corrected chi connectivity index (χ1v) is 7.24. The highest BCUT2D eigenvalue weighted by molar-refractivity contribution is 5.47. The molecular formula is C16H23NO. The van der Waals surface area contributed by atoms with E-state index < -0.39 is 0 Å². The van der Waals surface area contributed by atoms with E-state index in [1.54, 1.807) is 7.11 Å². The van der Waals surface area contributed by atoms with Crippen molar-refractivity contribution in [3.8, 4) is 5.75 Å². The molecule has 0 aromatic heterocycles. The average Bonchev–Trinajstić information content (AvgIpc) is 2.79. The van der Waals surface area contributed by atoms with Gasteiger partial charge in [0.05, 0.1) is 7.11 Å². The van der Waals surface area contributed by atoms with Crippen LogP contribution in [-0.2, 0) is 6.42 Å². The molecule has 1 aliphatic heterocycles. The van der Waals surface area contributed by atoms with Crippen molar-refractivity contribution in [3.05, 3.63) is 29.3 Å². The van der Waals surface area contributed by atoms with Crippen LogP contribution < -0.4 is 10.1 Å². The lowest BCUT2D eigenvalue weighted by atomic mass is 9.79. The molecule has 18 heavy (non-hydrogen) atoms. The zero-order valence-corrected chi connectivity index (χ0v) is 11.4. The standard InChI is InChI=1S/C16H23NO/c1-3-5-14-13-10-11-6-4-7-15(18-2)16(11)12(13)8-9-17-14/h4,6-7,12-14,17H,3,5,8-10H2,1-2H3. The molecule has 1 N–H and O–H groups in total. The van der Waals surface area contributed by atoms with Gasteiger partial charge in [-0.15, -0.1) is 0 Å². The molecule has 1 aromatic carbocycles. The number of ether oxygens (including phenoxy) is 1. The van der Waals surface area contributed by atoms with Crippen molar-refractivity contribution < 1.29 is 4.74 Å². The first-order chi connectivity index (χ1) is 8.85. The molecular weight excluding hydrogens is 222 g/mol. The third kappa shape index (κ3) is 1.83.